The maximum Gasteiger partial charge on any atom is 0.311 e. The van der Waals surface area contributed by atoms with Gasteiger partial charge >= 0.3 is 5.97 Å². The molecule has 0 saturated carbocycles. The van der Waals surface area contributed by atoms with E-state index >= 15 is 0 Å². The number of likely N-dealkylation sites (tertiary alicyclic amines) is 1. The van der Waals surface area contributed by atoms with Crippen LogP contribution in [0.25, 0.3) is 0 Å². The van der Waals surface area contributed by atoms with E-state index in [0.29, 0.717) is 32.4 Å². The van der Waals surface area contributed by atoms with Crippen molar-refractivity contribution in [1.82, 2.24) is 4.90 Å². The van der Waals surface area contributed by atoms with Gasteiger partial charge in [0.25, 0.3) is 5.91 Å². The van der Waals surface area contributed by atoms with Crippen LogP contribution in [0.4, 0.5) is 5.69 Å². The van der Waals surface area contributed by atoms with Crippen LogP contribution in [0.15, 0.2) is 43.5 Å². The van der Waals surface area contributed by atoms with Crippen LogP contribution >= 0.6 is 11.8 Å². The molecule has 2 amide bonds. The second kappa shape index (κ2) is 11.4. The molecule has 4 rings (SSSR count). The maximum absolute atomic E-state index is 14.5. The van der Waals surface area contributed by atoms with Crippen LogP contribution in [-0.2, 0) is 19.1 Å². The minimum absolute atomic E-state index is 0.0355. The number of carbonyl (C=O) groups is 3. The van der Waals surface area contributed by atoms with Crippen LogP contribution in [-0.4, -0.2) is 70.1 Å². The summed E-state index contributed by atoms with van der Waals surface area (Å²) in [6.45, 7) is 12.4. The van der Waals surface area contributed by atoms with E-state index in [1.54, 1.807) is 27.6 Å². The number of amides is 2. The number of anilines is 1. The summed E-state index contributed by atoms with van der Waals surface area (Å²) in [5.74, 6) is -1.76. The van der Waals surface area contributed by atoms with Crippen molar-refractivity contribution in [1.29, 1.82) is 0 Å². The summed E-state index contributed by atoms with van der Waals surface area (Å²) in [5, 5.41) is 9.19. The molecule has 200 valence electrons. The van der Waals surface area contributed by atoms with Crippen molar-refractivity contribution in [3.63, 3.8) is 0 Å². The van der Waals surface area contributed by atoms with E-state index in [9.17, 15) is 19.5 Å². The molecule has 2 bridgehead atoms. The van der Waals surface area contributed by atoms with E-state index in [4.69, 9.17) is 4.74 Å². The molecule has 8 heteroatoms. The molecule has 37 heavy (non-hydrogen) atoms. The van der Waals surface area contributed by atoms with Crippen LogP contribution in [0.1, 0.15) is 43.2 Å². The summed E-state index contributed by atoms with van der Waals surface area (Å²) < 4.78 is 4.77. The number of hydrogen-bond donors (Lipinski definition) is 1. The van der Waals surface area contributed by atoms with Crippen LogP contribution in [0, 0.1) is 25.7 Å². The fraction of sp³-hybridized carbons (Fsp3) is 0.552. The van der Waals surface area contributed by atoms with Crippen LogP contribution in [0.3, 0.4) is 0 Å². The summed E-state index contributed by atoms with van der Waals surface area (Å²) in [4.78, 5) is 45.1. The SMILES string of the molecule is C=CCOC(=O)[C@@H]1[C@@H]2CCC3(S2)C(C(=O)N(CC=C)c2cc(C)ccc2C)N(CCCCCO)C(=O)[C@H]13. The monoisotopic (exact) mass is 526 g/mol. The number of unbranched alkanes of at least 4 members (excludes halogenated alkanes) is 2. The molecule has 0 aromatic heterocycles. The number of fused-ring (bicyclic) bond motifs is 1. The second-order valence-electron chi connectivity index (χ2n) is 10.3. The van der Waals surface area contributed by atoms with Crippen molar-refractivity contribution >= 4 is 35.2 Å². The van der Waals surface area contributed by atoms with Gasteiger partial charge in [-0.15, -0.1) is 18.3 Å². The lowest BCUT2D eigenvalue weighted by Crippen LogP contribution is -2.55. The molecular weight excluding hydrogens is 488 g/mol. The van der Waals surface area contributed by atoms with Gasteiger partial charge in [-0.1, -0.05) is 30.9 Å². The van der Waals surface area contributed by atoms with Crippen molar-refractivity contribution in [3.05, 3.63) is 54.6 Å². The van der Waals surface area contributed by atoms with Crippen molar-refractivity contribution in [3.8, 4) is 0 Å². The number of esters is 1. The molecule has 1 aromatic carbocycles. The van der Waals surface area contributed by atoms with Gasteiger partial charge in [0, 0.05) is 30.6 Å². The zero-order valence-electron chi connectivity index (χ0n) is 21.9. The maximum atomic E-state index is 14.5. The minimum Gasteiger partial charge on any atom is -0.461 e. The highest BCUT2D eigenvalue weighted by atomic mass is 32.2. The van der Waals surface area contributed by atoms with E-state index in [1.807, 2.05) is 32.0 Å². The smallest absolute Gasteiger partial charge is 0.311 e. The van der Waals surface area contributed by atoms with Crippen LogP contribution in [0.2, 0.25) is 0 Å². The number of thioether (sulfide) groups is 1. The lowest BCUT2D eigenvalue weighted by atomic mass is 9.71. The molecule has 3 fully saturated rings. The number of ether oxygens (including phenoxy) is 1. The molecule has 1 spiro atoms. The Morgan fingerprint density at radius 2 is 2.03 bits per heavy atom. The molecule has 3 saturated heterocycles. The minimum atomic E-state index is -0.675. The van der Waals surface area contributed by atoms with Gasteiger partial charge in [0.1, 0.15) is 12.6 Å². The Morgan fingerprint density at radius 1 is 1.24 bits per heavy atom. The molecule has 7 nitrogen and oxygen atoms in total. The summed E-state index contributed by atoms with van der Waals surface area (Å²) in [6, 6.07) is 5.35. The summed E-state index contributed by atoms with van der Waals surface area (Å²) in [5.41, 5.74) is 2.84. The quantitative estimate of drug-likeness (QED) is 0.253. The Balaban J connectivity index is 1.74. The number of benzene rings is 1. The van der Waals surface area contributed by atoms with E-state index in [2.05, 4.69) is 13.2 Å². The average Bonchev–Trinajstić information content (AvgIpc) is 3.52. The number of hydrogen-bond acceptors (Lipinski definition) is 6. The third-order valence-electron chi connectivity index (χ3n) is 7.94. The van der Waals surface area contributed by atoms with Gasteiger partial charge < -0.3 is 19.6 Å². The highest BCUT2D eigenvalue weighted by molar-refractivity contribution is 8.02. The zero-order valence-corrected chi connectivity index (χ0v) is 22.7. The van der Waals surface area contributed by atoms with Crippen molar-refractivity contribution in [2.45, 2.75) is 62.0 Å². The molecule has 3 heterocycles. The molecular formula is C29H38N2O5S. The highest BCUT2D eigenvalue weighted by Gasteiger charge is 2.74. The average molecular weight is 527 g/mol. The summed E-state index contributed by atoms with van der Waals surface area (Å²) >= 11 is 1.64. The zero-order chi connectivity index (χ0) is 26.7. The predicted octanol–water partition coefficient (Wildman–Crippen LogP) is 3.81. The molecule has 3 aliphatic rings. The number of nitrogens with zero attached hydrogens (tertiary/aromatic N) is 2. The Morgan fingerprint density at radius 3 is 2.73 bits per heavy atom. The number of rotatable bonds is 12. The van der Waals surface area contributed by atoms with Gasteiger partial charge in [0.05, 0.1) is 16.6 Å². The normalized spacial score (nSPS) is 27.8. The topological polar surface area (TPSA) is 87.2 Å². The Hall–Kier alpha value is -2.58. The largest absolute Gasteiger partial charge is 0.461 e. The van der Waals surface area contributed by atoms with Crippen LogP contribution < -0.4 is 4.90 Å². The Bertz CT molecular complexity index is 1070. The lowest BCUT2D eigenvalue weighted by Gasteiger charge is -2.37. The first-order valence-electron chi connectivity index (χ1n) is 13.2. The number of aryl methyl sites for hydroxylation is 2. The first-order valence-corrected chi connectivity index (χ1v) is 14.0. The first kappa shape index (κ1) is 27.5. The van der Waals surface area contributed by atoms with Crippen molar-refractivity contribution in [2.75, 3.05) is 31.2 Å². The number of aliphatic hydroxyl groups is 1. The molecule has 0 aliphatic carbocycles. The lowest BCUT2D eigenvalue weighted by molar-refractivity contribution is -0.153. The molecule has 2 unspecified atom stereocenters. The van der Waals surface area contributed by atoms with E-state index in [-0.39, 0.29) is 36.2 Å². The molecule has 5 atom stereocenters. The summed E-state index contributed by atoms with van der Waals surface area (Å²) in [7, 11) is 0. The highest BCUT2D eigenvalue weighted by Crippen LogP contribution is 2.66. The van der Waals surface area contributed by atoms with Gasteiger partial charge in [-0.05, 0) is 63.1 Å². The second-order valence-corrected chi connectivity index (χ2v) is 11.9. The first-order chi connectivity index (χ1) is 17.8. The van der Waals surface area contributed by atoms with E-state index in [1.165, 1.54) is 6.08 Å². The molecule has 1 N–H and O–H groups in total. The molecule has 1 aromatic rings. The Labute approximate surface area is 223 Å². The van der Waals surface area contributed by atoms with Gasteiger partial charge in [0.15, 0.2) is 0 Å². The third-order valence-corrected chi connectivity index (χ3v) is 9.89. The van der Waals surface area contributed by atoms with E-state index in [0.717, 1.165) is 29.7 Å². The van der Waals surface area contributed by atoms with E-state index < -0.39 is 22.6 Å². The fourth-order valence-corrected chi connectivity index (χ4v) is 8.54. The predicted molar refractivity (Wildman–Crippen MR) is 146 cm³/mol. The van der Waals surface area contributed by atoms with Gasteiger partial charge in [-0.25, -0.2) is 0 Å². The fourth-order valence-electron chi connectivity index (χ4n) is 6.34. The Kier molecular flexibility index (Phi) is 8.49. The molecule has 3 aliphatic heterocycles. The number of carbonyl (C=O) groups excluding carboxylic acids is 3. The van der Waals surface area contributed by atoms with Gasteiger partial charge in [-0.2, -0.15) is 0 Å². The van der Waals surface area contributed by atoms with Crippen LogP contribution in [0.5, 0.6) is 0 Å². The standard InChI is InChI=1S/C29H38N2O5S/c1-5-14-30(21-18-19(3)10-11-20(21)4)27(34)25-29-13-12-22(37-29)23(28(35)36-17-6-2)24(29)26(33)31(25)15-8-7-9-16-32/h5-6,10-11,18,22-25,32H,1-2,7-9,12-17H2,3-4H3/t22-,23+,24-,25?,29?/m0/s1. The van der Waals surface area contributed by atoms with Crippen molar-refractivity contribution in [2.24, 2.45) is 11.8 Å². The van der Waals surface area contributed by atoms with Gasteiger partial charge in [0.2, 0.25) is 5.91 Å². The molecule has 0 radical (unpaired) electrons. The third kappa shape index (κ3) is 4.86. The number of aliphatic hydroxyl groups excluding tert-OH is 1. The van der Waals surface area contributed by atoms with Crippen molar-refractivity contribution < 1.29 is 24.2 Å². The van der Waals surface area contributed by atoms with Gasteiger partial charge in [-0.3, -0.25) is 14.4 Å². The summed E-state index contributed by atoms with van der Waals surface area (Å²) in [6.07, 6.45) is 6.81.